The molecule has 2 fully saturated rings. The summed E-state index contributed by atoms with van der Waals surface area (Å²) < 4.78 is 5.55. The average Bonchev–Trinajstić information content (AvgIpc) is 3.50. The van der Waals surface area contributed by atoms with Gasteiger partial charge in [-0.2, -0.15) is 0 Å². The van der Waals surface area contributed by atoms with E-state index in [4.69, 9.17) is 9.84 Å². The van der Waals surface area contributed by atoms with Gasteiger partial charge in [0.15, 0.2) is 0 Å². The number of carbonyl (C=O) groups is 3. The number of rotatable bonds is 8. The van der Waals surface area contributed by atoms with E-state index in [0.29, 0.717) is 6.54 Å². The number of carboxylic acids is 1. The van der Waals surface area contributed by atoms with Crippen molar-refractivity contribution in [2.75, 3.05) is 13.2 Å². The number of hydrogen-bond donors (Lipinski definition) is 3. The first-order valence-corrected chi connectivity index (χ1v) is 11.6. The quantitative estimate of drug-likeness (QED) is 0.573. The first-order valence-electron chi connectivity index (χ1n) is 11.6. The maximum absolute atomic E-state index is 12.4. The molecule has 3 N–H and O–H groups in total. The lowest BCUT2D eigenvalue weighted by Gasteiger charge is -2.35. The van der Waals surface area contributed by atoms with Crippen LogP contribution in [-0.4, -0.2) is 42.3 Å². The molecule has 33 heavy (non-hydrogen) atoms. The lowest BCUT2D eigenvalue weighted by Crippen LogP contribution is -2.45. The molecule has 7 heteroatoms. The van der Waals surface area contributed by atoms with Crippen LogP contribution >= 0.6 is 0 Å². The summed E-state index contributed by atoms with van der Waals surface area (Å²) in [6.45, 7) is 0.689. The molecule has 3 aliphatic carbocycles. The molecule has 0 saturated heterocycles. The van der Waals surface area contributed by atoms with Crippen LogP contribution < -0.4 is 10.6 Å². The molecule has 2 aromatic rings. The molecular weight excluding hydrogens is 420 g/mol. The molecule has 2 aromatic carbocycles. The van der Waals surface area contributed by atoms with Gasteiger partial charge in [-0.1, -0.05) is 48.5 Å². The van der Waals surface area contributed by atoms with Gasteiger partial charge in [-0.3, -0.25) is 9.59 Å². The van der Waals surface area contributed by atoms with Crippen LogP contribution in [0.1, 0.15) is 42.7 Å². The van der Waals surface area contributed by atoms with E-state index < -0.39 is 12.1 Å². The minimum absolute atomic E-state index is 0.00751. The molecule has 3 aliphatic rings. The topological polar surface area (TPSA) is 105 Å². The van der Waals surface area contributed by atoms with Gasteiger partial charge in [0.05, 0.1) is 0 Å². The fourth-order valence-electron chi connectivity index (χ4n) is 5.23. The van der Waals surface area contributed by atoms with Crippen LogP contribution in [0.4, 0.5) is 4.79 Å². The van der Waals surface area contributed by atoms with Crippen molar-refractivity contribution in [3.63, 3.8) is 0 Å². The van der Waals surface area contributed by atoms with E-state index in [1.54, 1.807) is 0 Å². The Hall–Kier alpha value is -3.35. The smallest absolute Gasteiger partial charge is 0.407 e. The number of aliphatic carboxylic acids is 1. The van der Waals surface area contributed by atoms with Crippen LogP contribution in [0.25, 0.3) is 11.1 Å². The Morgan fingerprint density at radius 3 is 2.21 bits per heavy atom. The normalized spacial score (nSPS) is 24.7. The van der Waals surface area contributed by atoms with Gasteiger partial charge in [0.1, 0.15) is 6.61 Å². The van der Waals surface area contributed by atoms with Crippen molar-refractivity contribution in [1.82, 2.24) is 10.6 Å². The Balaban J connectivity index is 1.05. The van der Waals surface area contributed by atoms with E-state index in [-0.39, 0.29) is 48.6 Å². The number of carbonyl (C=O) groups excluding carboxylic acids is 2. The summed E-state index contributed by atoms with van der Waals surface area (Å²) in [5.41, 5.74) is 4.73. The molecular formula is C26H28N2O5. The van der Waals surface area contributed by atoms with E-state index in [1.807, 2.05) is 24.3 Å². The number of hydrogen-bond acceptors (Lipinski definition) is 4. The Morgan fingerprint density at radius 2 is 1.58 bits per heavy atom. The summed E-state index contributed by atoms with van der Waals surface area (Å²) in [6, 6.07) is 16.5. The van der Waals surface area contributed by atoms with Crippen LogP contribution in [0.5, 0.6) is 0 Å². The van der Waals surface area contributed by atoms with Crippen LogP contribution in [-0.2, 0) is 14.3 Å². The largest absolute Gasteiger partial charge is 0.481 e. The minimum atomic E-state index is -0.786. The Labute approximate surface area is 192 Å². The highest BCUT2D eigenvalue weighted by molar-refractivity contribution is 5.82. The average molecular weight is 449 g/mol. The number of ether oxygens (including phenoxy) is 1. The van der Waals surface area contributed by atoms with Crippen molar-refractivity contribution < 1.29 is 24.2 Å². The Kier molecular flexibility index (Phi) is 5.79. The third-order valence-corrected chi connectivity index (χ3v) is 7.16. The molecule has 0 heterocycles. The fraction of sp³-hybridized carbons (Fsp3) is 0.423. The third kappa shape index (κ3) is 4.58. The summed E-state index contributed by atoms with van der Waals surface area (Å²) in [5, 5.41) is 14.6. The zero-order valence-corrected chi connectivity index (χ0v) is 18.3. The number of alkyl carbamates (subject to hydrolysis) is 1. The first kappa shape index (κ1) is 21.5. The zero-order chi connectivity index (χ0) is 22.9. The second-order valence-electron chi connectivity index (χ2n) is 9.45. The van der Waals surface area contributed by atoms with Gasteiger partial charge in [0.25, 0.3) is 0 Å². The number of fused-ring (bicyclic) bond motifs is 3. The van der Waals surface area contributed by atoms with Crippen molar-refractivity contribution >= 4 is 18.0 Å². The molecule has 0 spiro atoms. The summed E-state index contributed by atoms with van der Waals surface area (Å²) in [7, 11) is 0. The molecule has 0 aliphatic heterocycles. The van der Waals surface area contributed by atoms with Gasteiger partial charge >= 0.3 is 12.1 Å². The lowest BCUT2D eigenvalue weighted by molar-refractivity contribution is -0.139. The zero-order valence-electron chi connectivity index (χ0n) is 18.3. The number of carboxylic acid groups (broad SMARTS) is 1. The summed E-state index contributed by atoms with van der Waals surface area (Å²) in [5.74, 6) is -0.551. The number of nitrogens with one attached hydrogen (secondary N) is 2. The minimum Gasteiger partial charge on any atom is -0.481 e. The molecule has 5 rings (SSSR count). The second-order valence-corrected chi connectivity index (χ2v) is 9.45. The maximum Gasteiger partial charge on any atom is 0.407 e. The second kappa shape index (κ2) is 8.89. The van der Waals surface area contributed by atoms with Crippen molar-refractivity contribution in [3.8, 4) is 11.1 Å². The van der Waals surface area contributed by atoms with Crippen LogP contribution in [0.15, 0.2) is 48.5 Å². The van der Waals surface area contributed by atoms with Gasteiger partial charge in [-0.05, 0) is 53.4 Å². The van der Waals surface area contributed by atoms with Gasteiger partial charge in [0, 0.05) is 30.8 Å². The van der Waals surface area contributed by atoms with Crippen LogP contribution in [0.2, 0.25) is 0 Å². The van der Waals surface area contributed by atoms with Crippen LogP contribution in [0, 0.1) is 17.8 Å². The van der Waals surface area contributed by atoms with E-state index >= 15 is 0 Å². The van der Waals surface area contributed by atoms with Gasteiger partial charge in [-0.15, -0.1) is 0 Å². The van der Waals surface area contributed by atoms with E-state index in [0.717, 1.165) is 19.3 Å². The molecule has 172 valence electrons. The highest BCUT2D eigenvalue weighted by atomic mass is 16.5. The first-order chi connectivity index (χ1) is 16.0. The predicted molar refractivity (Wildman–Crippen MR) is 122 cm³/mol. The standard InChI is InChI=1S/C26H28N2O5/c29-24(30)11-15-9-17(10-15)28-25(31)22-12-16(22)13-27-26(32)33-14-23-20-7-3-1-5-18(20)19-6-2-4-8-21(19)23/h1-8,15-17,22-23H,9-14H2,(H,27,32)(H,28,31)(H,29,30)/t15?,16-,17?,22-/m0/s1. The molecule has 2 saturated carbocycles. The highest BCUT2D eigenvalue weighted by Gasteiger charge is 2.44. The Morgan fingerprint density at radius 1 is 0.939 bits per heavy atom. The summed E-state index contributed by atoms with van der Waals surface area (Å²) in [6.07, 6.45) is 1.92. The molecule has 0 radical (unpaired) electrons. The van der Waals surface area contributed by atoms with Crippen molar-refractivity contribution in [2.24, 2.45) is 17.8 Å². The summed E-state index contributed by atoms with van der Waals surface area (Å²) >= 11 is 0. The molecule has 2 atom stereocenters. The van der Waals surface area contributed by atoms with E-state index in [2.05, 4.69) is 34.9 Å². The highest BCUT2D eigenvalue weighted by Crippen LogP contribution is 2.44. The van der Waals surface area contributed by atoms with Gasteiger partial charge in [-0.25, -0.2) is 4.79 Å². The fourth-order valence-corrected chi connectivity index (χ4v) is 5.23. The maximum atomic E-state index is 12.4. The van der Waals surface area contributed by atoms with Gasteiger partial charge < -0.3 is 20.5 Å². The molecule has 0 bridgehead atoms. The van der Waals surface area contributed by atoms with E-state index in [1.165, 1.54) is 22.3 Å². The molecule has 0 aromatic heterocycles. The number of amides is 2. The van der Waals surface area contributed by atoms with Gasteiger partial charge in [0.2, 0.25) is 5.91 Å². The lowest BCUT2D eigenvalue weighted by atomic mass is 9.78. The molecule has 7 nitrogen and oxygen atoms in total. The molecule has 0 unspecified atom stereocenters. The molecule has 2 amide bonds. The monoisotopic (exact) mass is 448 g/mol. The predicted octanol–water partition coefficient (Wildman–Crippen LogP) is 3.53. The van der Waals surface area contributed by atoms with Crippen molar-refractivity contribution in [2.45, 2.75) is 37.6 Å². The van der Waals surface area contributed by atoms with Crippen LogP contribution in [0.3, 0.4) is 0 Å². The van der Waals surface area contributed by atoms with Crippen molar-refractivity contribution in [3.05, 3.63) is 59.7 Å². The number of benzene rings is 2. The SMILES string of the molecule is O=C(O)CC1CC(NC(=O)[C@H]2C[C@H]2CNC(=O)OCC2c3ccccc3-c3ccccc32)C1. The third-order valence-electron chi connectivity index (χ3n) is 7.16. The summed E-state index contributed by atoms with van der Waals surface area (Å²) in [4.78, 5) is 35.4. The van der Waals surface area contributed by atoms with E-state index in [9.17, 15) is 14.4 Å². The Bertz CT molecular complexity index is 1030. The van der Waals surface area contributed by atoms with Crippen molar-refractivity contribution in [1.29, 1.82) is 0 Å².